The molecule has 1 amide bonds. The molecule has 1 saturated carbocycles. The zero-order chi connectivity index (χ0) is 43.4. The van der Waals surface area contributed by atoms with Crippen LogP contribution in [0.4, 0.5) is 5.69 Å². The van der Waals surface area contributed by atoms with Crippen molar-refractivity contribution in [3.63, 3.8) is 0 Å². The largest absolute Gasteiger partial charge is 0.492 e. The van der Waals surface area contributed by atoms with Crippen LogP contribution >= 0.6 is 0 Å². The number of rotatable bonds is 8. The van der Waals surface area contributed by atoms with Gasteiger partial charge in [-0.15, -0.1) is 0 Å². The monoisotopic (exact) mass is 855 g/mol. The van der Waals surface area contributed by atoms with Crippen molar-refractivity contribution < 1.29 is 63.7 Å². The minimum absolute atomic E-state index is 0.0238. The Morgan fingerprint density at radius 1 is 0.952 bits per heavy atom. The fourth-order valence-electron chi connectivity index (χ4n) is 9.74. The van der Waals surface area contributed by atoms with Crippen molar-refractivity contribution in [1.29, 1.82) is 0 Å². The molecule has 0 radical (unpaired) electrons. The van der Waals surface area contributed by atoms with Crippen molar-refractivity contribution in [3.8, 4) is 11.5 Å². The lowest BCUT2D eigenvalue weighted by Gasteiger charge is -2.49. The predicted octanol–water partition coefficient (Wildman–Crippen LogP) is -0.128. The number of carbonyl (C=O) groups excluding carboxylic acids is 4. The van der Waals surface area contributed by atoms with Gasteiger partial charge in [0, 0.05) is 40.3 Å². The Balaban J connectivity index is 1.30. The second kappa shape index (κ2) is 16.8. The van der Waals surface area contributed by atoms with Gasteiger partial charge in [-0.1, -0.05) is 30.7 Å². The van der Waals surface area contributed by atoms with Crippen LogP contribution in [0, 0.1) is 0 Å². The second-order valence-corrected chi connectivity index (χ2v) is 16.6. The van der Waals surface area contributed by atoms with Gasteiger partial charge in [0.25, 0.3) is 0 Å². The number of aldehydes is 1. The molecule has 10 unspecified atom stereocenters. The number of ketones is 2. The third-order valence-electron chi connectivity index (χ3n) is 12.9. The molecule has 3 aromatic rings. The van der Waals surface area contributed by atoms with Crippen LogP contribution in [0.15, 0.2) is 60.9 Å². The molecule has 62 heavy (non-hydrogen) atoms. The number of anilines is 1. The molecule has 4 fully saturated rings. The Morgan fingerprint density at radius 3 is 2.52 bits per heavy atom. The number of fused-ring (bicyclic) bond motifs is 7. The van der Waals surface area contributed by atoms with Gasteiger partial charge in [-0.2, -0.15) is 0 Å². The van der Waals surface area contributed by atoms with Crippen molar-refractivity contribution in [3.05, 3.63) is 99.8 Å². The molecule has 3 aromatic carbocycles. The smallest absolute Gasteiger partial charge is 0.242 e. The summed E-state index contributed by atoms with van der Waals surface area (Å²) in [6.07, 6.45) is -4.44. The Hall–Kier alpha value is -5.28. The summed E-state index contributed by atoms with van der Waals surface area (Å²) >= 11 is 0. The van der Waals surface area contributed by atoms with E-state index in [0.29, 0.717) is 48.8 Å². The molecule has 1 spiro atoms. The van der Waals surface area contributed by atoms with E-state index in [1.54, 1.807) is 12.1 Å². The van der Waals surface area contributed by atoms with Crippen LogP contribution in [-0.2, 0) is 25.7 Å². The Morgan fingerprint density at radius 2 is 1.74 bits per heavy atom. The molecule has 4 aliphatic heterocycles. The lowest BCUT2D eigenvalue weighted by atomic mass is 9.76. The molecule has 10 N–H and O–H groups in total. The molecule has 3 saturated heterocycles. The van der Waals surface area contributed by atoms with E-state index in [1.165, 1.54) is 30.5 Å². The first-order chi connectivity index (χ1) is 29.9. The fourth-order valence-corrected chi connectivity index (χ4v) is 9.74. The lowest BCUT2D eigenvalue weighted by molar-refractivity contribution is -0.308. The first-order valence-corrected chi connectivity index (χ1v) is 20.8. The maximum atomic E-state index is 14.7. The quantitative estimate of drug-likeness (QED) is 0.105. The zero-order valence-corrected chi connectivity index (χ0v) is 33.5. The molecule has 0 aromatic heterocycles. The van der Waals surface area contributed by atoms with Gasteiger partial charge in [0.2, 0.25) is 12.2 Å². The predicted molar refractivity (Wildman–Crippen MR) is 217 cm³/mol. The maximum Gasteiger partial charge on any atom is 0.242 e. The number of nitrogens with zero attached hydrogens (tertiary/aromatic N) is 1. The molecule has 9 rings (SSSR count). The molecular formula is C44H49N5O13. The molecule has 18 nitrogen and oxygen atoms in total. The van der Waals surface area contributed by atoms with Crippen molar-refractivity contribution >= 4 is 29.4 Å². The van der Waals surface area contributed by atoms with E-state index >= 15 is 0 Å². The van der Waals surface area contributed by atoms with Gasteiger partial charge in [0.05, 0.1) is 31.2 Å². The van der Waals surface area contributed by atoms with Crippen molar-refractivity contribution in [2.24, 2.45) is 5.73 Å². The lowest BCUT2D eigenvalue weighted by Crippen LogP contribution is -2.70. The highest BCUT2D eigenvalue weighted by Gasteiger charge is 2.56. The van der Waals surface area contributed by atoms with Gasteiger partial charge >= 0.3 is 0 Å². The van der Waals surface area contributed by atoms with E-state index in [1.807, 2.05) is 23.1 Å². The number of para-hydroxylation sites is 1. The van der Waals surface area contributed by atoms with Gasteiger partial charge in [0.15, 0.2) is 23.1 Å². The highest BCUT2D eigenvalue weighted by atomic mass is 16.7. The molecule has 2 bridgehead atoms. The summed E-state index contributed by atoms with van der Waals surface area (Å²) in [5.74, 6) is -3.01. The highest BCUT2D eigenvalue weighted by Crippen LogP contribution is 2.50. The number of aliphatic hydroxyl groups is 5. The number of benzene rings is 3. The average Bonchev–Trinajstić information content (AvgIpc) is 3.70. The first-order valence-electron chi connectivity index (χ1n) is 20.8. The summed E-state index contributed by atoms with van der Waals surface area (Å²) < 4.78 is 26.1. The summed E-state index contributed by atoms with van der Waals surface area (Å²) in [6.45, 7) is -0.751. The molecule has 4 heterocycles. The number of allylic oxidation sites excluding steroid dienone is 1. The normalized spacial score (nSPS) is 30.4. The van der Waals surface area contributed by atoms with Crippen molar-refractivity contribution in [1.82, 2.24) is 16.0 Å². The van der Waals surface area contributed by atoms with E-state index in [2.05, 4.69) is 16.0 Å². The number of hydrogen-bond donors (Lipinski definition) is 9. The number of carbonyl (C=O) groups is 4. The van der Waals surface area contributed by atoms with Crippen molar-refractivity contribution in [2.75, 3.05) is 18.2 Å². The van der Waals surface area contributed by atoms with E-state index in [4.69, 9.17) is 24.7 Å². The van der Waals surface area contributed by atoms with Crippen LogP contribution in [0.5, 0.6) is 11.5 Å². The van der Waals surface area contributed by atoms with Crippen LogP contribution < -0.4 is 36.1 Å². The molecular weight excluding hydrogens is 807 g/mol. The van der Waals surface area contributed by atoms with Gasteiger partial charge in [-0.3, -0.25) is 30.8 Å². The number of ether oxygens (including phenoxy) is 4. The van der Waals surface area contributed by atoms with Crippen molar-refractivity contribution in [2.45, 2.75) is 112 Å². The van der Waals surface area contributed by atoms with Crippen LogP contribution in [0.3, 0.4) is 0 Å². The molecule has 10 atom stereocenters. The first kappa shape index (κ1) is 42.0. The van der Waals surface area contributed by atoms with E-state index in [-0.39, 0.29) is 58.3 Å². The van der Waals surface area contributed by atoms with Gasteiger partial charge in [-0.25, -0.2) is 0 Å². The number of nitrogens with two attached hydrogens (primary N) is 1. The Bertz CT molecular complexity index is 2300. The average molecular weight is 856 g/mol. The van der Waals surface area contributed by atoms with E-state index < -0.39 is 91.6 Å². The number of hydrogen-bond acceptors (Lipinski definition) is 17. The van der Waals surface area contributed by atoms with Crippen LogP contribution in [-0.4, -0.2) is 123 Å². The zero-order valence-electron chi connectivity index (χ0n) is 33.5. The van der Waals surface area contributed by atoms with Crippen LogP contribution in [0.1, 0.15) is 93.0 Å². The fraction of sp³-hybridized carbons (Fsp3) is 0.455. The minimum atomic E-state index is -1.86. The topological polar surface area (TPSA) is 272 Å². The summed E-state index contributed by atoms with van der Waals surface area (Å²) in [5.41, 5.74) is 6.49. The minimum Gasteiger partial charge on any atom is -0.492 e. The SMILES string of the molecule is NC1NC(=O)C2NCN(c3ccccc3C3C=COC4(CCCCC4)C4OC(Oc5c3cc3c(c5OCC(O)CC=O)C(=O)c5cc(CO)ccc5C3=O)C(O)C(O)C4O)C2N1. The summed E-state index contributed by atoms with van der Waals surface area (Å²) in [5, 5.41) is 64.5. The molecule has 2 aliphatic carbocycles. The molecule has 6 aliphatic rings. The molecule has 328 valence electrons. The highest BCUT2D eigenvalue weighted by molar-refractivity contribution is 6.29. The van der Waals surface area contributed by atoms with Crippen LogP contribution in [0.25, 0.3) is 0 Å². The number of amides is 1. The second-order valence-electron chi connectivity index (χ2n) is 16.6. The standard InChI is InChI=1S/C44H49N5O13/c45-43-47-40-31(41(58)48-43)46-20-49(40)29-7-3-2-6-24(29)23-11-15-60-44(12-4-1-5-13-44)39-35(56)34(55)36(57)42(62-39)61-37-27(23)17-28-30(38(37)59-19-22(52)10-14-50)33(54)26-16-21(18-51)8-9-25(26)32(28)53/h2-3,6-9,11,14-17,22-23,31,34-36,39-40,42-43,46-47,51-52,55-57H,1,4-5,10,12-13,18-20,45H2,(H,48,58). The Kier molecular flexibility index (Phi) is 11.4. The van der Waals surface area contributed by atoms with E-state index in [9.17, 15) is 44.7 Å². The number of aliphatic hydroxyl groups excluding tert-OH is 5. The summed E-state index contributed by atoms with van der Waals surface area (Å²) in [4.78, 5) is 55.9. The summed E-state index contributed by atoms with van der Waals surface area (Å²) in [6, 6.07) is 12.5. The third kappa shape index (κ3) is 7.14. The summed E-state index contributed by atoms with van der Waals surface area (Å²) in [7, 11) is 0. The van der Waals surface area contributed by atoms with Gasteiger partial charge in [0.1, 0.15) is 61.4 Å². The molecule has 18 heteroatoms. The maximum absolute atomic E-state index is 14.7. The van der Waals surface area contributed by atoms with E-state index in [0.717, 1.165) is 6.42 Å². The van der Waals surface area contributed by atoms with Gasteiger partial charge < -0.3 is 59.5 Å². The Labute approximate surface area is 355 Å². The third-order valence-corrected chi connectivity index (χ3v) is 12.9. The van der Waals surface area contributed by atoms with Crippen LogP contribution in [0.2, 0.25) is 0 Å². The van der Waals surface area contributed by atoms with Gasteiger partial charge in [-0.05, 0) is 67.2 Å². The number of nitrogens with one attached hydrogen (secondary N) is 3.